The average molecular weight is 564 g/mol. The first-order valence-electron chi connectivity index (χ1n) is 14.0. The molecule has 0 atom stereocenters. The van der Waals surface area contributed by atoms with Crippen LogP contribution in [-0.4, -0.2) is 53.1 Å². The predicted octanol–water partition coefficient (Wildman–Crippen LogP) is 5.28. The molecule has 2 amide bonds. The highest BCUT2D eigenvalue weighted by molar-refractivity contribution is 6.00. The first-order valence-corrected chi connectivity index (χ1v) is 14.0. The molecule has 1 aromatic heterocycles. The van der Waals surface area contributed by atoms with Gasteiger partial charge in [-0.3, -0.25) is 14.4 Å². The Bertz CT molecular complexity index is 1360. The first-order chi connectivity index (χ1) is 19.9. The number of nitrogens with one attached hydrogen (secondary N) is 2. The number of nitrogens with zero attached hydrogens (tertiary/aromatic N) is 3. The SMILES string of the molecule is COC(=O)C1CCN(C(=O)C[C@H]2CC[C@H](c3ccc(NC(=O)c4nnc(Nc5ccccc5F)o4)cc3)CC2)CC1. The molecule has 2 N–H and O–H groups in total. The molecule has 10 nitrogen and oxygen atoms in total. The smallest absolute Gasteiger partial charge is 0.320 e. The van der Waals surface area contributed by atoms with E-state index in [9.17, 15) is 18.8 Å². The van der Waals surface area contributed by atoms with E-state index in [1.54, 1.807) is 12.1 Å². The molecule has 2 heterocycles. The lowest BCUT2D eigenvalue weighted by Gasteiger charge is -2.33. The normalized spacial score (nSPS) is 19.4. The fourth-order valence-corrected chi connectivity index (χ4v) is 5.67. The molecule has 0 spiro atoms. The van der Waals surface area contributed by atoms with Crippen LogP contribution >= 0.6 is 0 Å². The summed E-state index contributed by atoms with van der Waals surface area (Å²) in [7, 11) is 1.41. The maximum atomic E-state index is 13.8. The molecule has 1 aliphatic carbocycles. The lowest BCUT2D eigenvalue weighted by atomic mass is 9.77. The van der Waals surface area contributed by atoms with Gasteiger partial charge in [0.15, 0.2) is 0 Å². The van der Waals surface area contributed by atoms with Gasteiger partial charge in [0.25, 0.3) is 0 Å². The Kier molecular flexibility index (Phi) is 8.91. The molecule has 0 unspecified atom stereocenters. The fourth-order valence-electron chi connectivity index (χ4n) is 5.67. The highest BCUT2D eigenvalue weighted by atomic mass is 19.1. The van der Waals surface area contributed by atoms with E-state index in [0.29, 0.717) is 49.9 Å². The van der Waals surface area contributed by atoms with Gasteiger partial charge in [0.2, 0.25) is 5.91 Å². The van der Waals surface area contributed by atoms with Crippen molar-refractivity contribution in [1.29, 1.82) is 0 Å². The van der Waals surface area contributed by atoms with E-state index in [0.717, 1.165) is 25.7 Å². The van der Waals surface area contributed by atoms with Crippen molar-refractivity contribution < 1.29 is 27.9 Å². The van der Waals surface area contributed by atoms with Gasteiger partial charge in [0, 0.05) is 25.2 Å². The van der Waals surface area contributed by atoms with E-state index in [2.05, 4.69) is 20.8 Å². The molecule has 216 valence electrons. The van der Waals surface area contributed by atoms with Gasteiger partial charge >= 0.3 is 23.8 Å². The van der Waals surface area contributed by atoms with Crippen LogP contribution in [0, 0.1) is 17.7 Å². The number of methoxy groups -OCH3 is 1. The molecule has 0 radical (unpaired) electrons. The molecule has 2 fully saturated rings. The minimum atomic E-state index is -0.563. The Hall–Kier alpha value is -4.28. The van der Waals surface area contributed by atoms with Crippen LogP contribution in [0.2, 0.25) is 0 Å². The van der Waals surface area contributed by atoms with E-state index < -0.39 is 11.7 Å². The number of aromatic nitrogens is 2. The highest BCUT2D eigenvalue weighted by Crippen LogP contribution is 2.38. The summed E-state index contributed by atoms with van der Waals surface area (Å²) < 4.78 is 24.0. The van der Waals surface area contributed by atoms with E-state index in [1.807, 2.05) is 29.2 Å². The molecule has 3 aromatic rings. The van der Waals surface area contributed by atoms with Gasteiger partial charge in [-0.05, 0) is 80.2 Å². The summed E-state index contributed by atoms with van der Waals surface area (Å²) in [5.41, 5.74) is 1.96. The number of benzene rings is 2. The maximum Gasteiger partial charge on any atom is 0.320 e. The van der Waals surface area contributed by atoms with Crippen LogP contribution in [0.15, 0.2) is 52.9 Å². The van der Waals surface area contributed by atoms with Crippen molar-refractivity contribution in [3.63, 3.8) is 0 Å². The maximum absolute atomic E-state index is 13.8. The molecule has 0 bridgehead atoms. The second kappa shape index (κ2) is 12.9. The zero-order valence-electron chi connectivity index (χ0n) is 23.0. The summed E-state index contributed by atoms with van der Waals surface area (Å²) in [5.74, 6) is -0.587. The van der Waals surface area contributed by atoms with Crippen LogP contribution in [0.3, 0.4) is 0 Å². The summed E-state index contributed by atoms with van der Waals surface area (Å²) in [6.45, 7) is 1.24. The fraction of sp³-hybridized carbons (Fsp3) is 0.433. The standard InChI is InChI=1S/C30H34FN5O5/c1-40-29(39)22-14-16-36(17-15-22)26(37)18-19-6-8-20(9-7-19)21-10-12-23(13-11-21)32-27(38)28-34-35-30(41-28)33-25-5-3-2-4-24(25)31/h2-5,10-13,19-20,22H,6-9,14-18H2,1H3,(H,32,38)(H,33,35)/t19-,20-. The molecule has 5 rings (SSSR count). The van der Waals surface area contributed by atoms with Crippen LogP contribution in [0.25, 0.3) is 0 Å². The summed E-state index contributed by atoms with van der Waals surface area (Å²) in [5, 5.41) is 12.9. The van der Waals surface area contributed by atoms with Crippen molar-refractivity contribution in [1.82, 2.24) is 15.1 Å². The van der Waals surface area contributed by atoms with Crippen LogP contribution in [0.1, 0.15) is 67.1 Å². The number of carbonyl (C=O) groups excluding carboxylic acids is 3. The number of ether oxygens (including phenoxy) is 1. The van der Waals surface area contributed by atoms with Crippen molar-refractivity contribution in [2.24, 2.45) is 11.8 Å². The Morgan fingerprint density at radius 3 is 2.37 bits per heavy atom. The third kappa shape index (κ3) is 7.08. The molecule has 2 aliphatic rings. The van der Waals surface area contributed by atoms with Crippen LogP contribution < -0.4 is 10.6 Å². The highest BCUT2D eigenvalue weighted by Gasteiger charge is 2.30. The predicted molar refractivity (Wildman–Crippen MR) is 149 cm³/mol. The van der Waals surface area contributed by atoms with Gasteiger partial charge in [-0.1, -0.05) is 29.4 Å². The van der Waals surface area contributed by atoms with Gasteiger partial charge in [-0.25, -0.2) is 4.39 Å². The number of anilines is 3. The van der Waals surface area contributed by atoms with Crippen molar-refractivity contribution in [3.05, 3.63) is 65.8 Å². The quantitative estimate of drug-likeness (QED) is 0.355. The first kappa shape index (κ1) is 28.3. The largest absolute Gasteiger partial charge is 0.469 e. The van der Waals surface area contributed by atoms with Crippen molar-refractivity contribution in [3.8, 4) is 0 Å². The number of para-hydroxylation sites is 1. The van der Waals surface area contributed by atoms with Crippen LogP contribution in [-0.2, 0) is 14.3 Å². The number of rotatable bonds is 8. The number of hydrogen-bond acceptors (Lipinski definition) is 8. The molecular weight excluding hydrogens is 529 g/mol. The monoisotopic (exact) mass is 563 g/mol. The van der Waals surface area contributed by atoms with Gasteiger partial charge in [0.1, 0.15) is 5.82 Å². The summed E-state index contributed by atoms with van der Waals surface area (Å²) in [6, 6.07) is 13.7. The van der Waals surface area contributed by atoms with Crippen LogP contribution in [0.4, 0.5) is 21.8 Å². The molecule has 41 heavy (non-hydrogen) atoms. The molecule has 11 heteroatoms. The Balaban J connectivity index is 1.06. The van der Waals surface area contributed by atoms with Gasteiger partial charge < -0.3 is 24.7 Å². The van der Waals surface area contributed by atoms with Gasteiger partial charge in [-0.2, -0.15) is 0 Å². The Morgan fingerprint density at radius 1 is 0.976 bits per heavy atom. The number of amides is 2. The lowest BCUT2D eigenvalue weighted by Crippen LogP contribution is -2.41. The number of esters is 1. The lowest BCUT2D eigenvalue weighted by molar-refractivity contribution is -0.149. The molecule has 1 saturated carbocycles. The molecule has 1 saturated heterocycles. The Labute approximate surface area is 237 Å². The second-order valence-electron chi connectivity index (χ2n) is 10.7. The zero-order chi connectivity index (χ0) is 28.8. The van der Waals surface area contributed by atoms with E-state index in [-0.39, 0.29) is 35.4 Å². The van der Waals surface area contributed by atoms with E-state index in [1.165, 1.54) is 24.8 Å². The second-order valence-corrected chi connectivity index (χ2v) is 10.7. The number of likely N-dealkylation sites (tertiary alicyclic amines) is 1. The Morgan fingerprint density at radius 2 is 1.68 bits per heavy atom. The molecule has 1 aliphatic heterocycles. The third-order valence-corrected chi connectivity index (χ3v) is 8.07. The van der Waals surface area contributed by atoms with Crippen molar-refractivity contribution >= 4 is 35.2 Å². The van der Waals surface area contributed by atoms with Crippen molar-refractivity contribution in [2.45, 2.75) is 50.9 Å². The van der Waals surface area contributed by atoms with Gasteiger partial charge in [-0.15, -0.1) is 5.10 Å². The average Bonchev–Trinajstić information content (AvgIpc) is 3.48. The number of carbonyl (C=O) groups is 3. The molecule has 2 aromatic carbocycles. The van der Waals surface area contributed by atoms with Gasteiger partial charge in [0.05, 0.1) is 18.7 Å². The minimum Gasteiger partial charge on any atom is -0.469 e. The number of piperidine rings is 1. The number of halogens is 1. The number of hydrogen-bond donors (Lipinski definition) is 2. The molecular formula is C30H34FN5O5. The summed E-state index contributed by atoms with van der Waals surface area (Å²) in [6.07, 6.45) is 5.91. The topological polar surface area (TPSA) is 127 Å². The minimum absolute atomic E-state index is 0.0870. The van der Waals surface area contributed by atoms with Crippen LogP contribution in [0.5, 0.6) is 0 Å². The van der Waals surface area contributed by atoms with E-state index in [4.69, 9.17) is 9.15 Å². The summed E-state index contributed by atoms with van der Waals surface area (Å²) >= 11 is 0. The van der Waals surface area contributed by atoms with E-state index >= 15 is 0 Å². The third-order valence-electron chi connectivity index (χ3n) is 8.07. The van der Waals surface area contributed by atoms with Crippen molar-refractivity contribution in [2.75, 3.05) is 30.8 Å². The zero-order valence-corrected chi connectivity index (χ0v) is 23.0. The summed E-state index contributed by atoms with van der Waals surface area (Å²) in [4.78, 5) is 39.0.